The second kappa shape index (κ2) is 7.50. The lowest BCUT2D eigenvalue weighted by molar-refractivity contribution is 0.0927. The molecule has 25 heavy (non-hydrogen) atoms. The molecule has 0 aromatic carbocycles. The molecule has 0 saturated heterocycles. The molecule has 0 saturated carbocycles. The van der Waals surface area contributed by atoms with Crippen molar-refractivity contribution in [1.82, 2.24) is 24.6 Å². The van der Waals surface area contributed by atoms with Crippen molar-refractivity contribution in [3.05, 3.63) is 40.2 Å². The van der Waals surface area contributed by atoms with Gasteiger partial charge in [-0.15, -0.1) is 0 Å². The molecule has 3 rings (SSSR count). The van der Waals surface area contributed by atoms with Crippen LogP contribution in [-0.4, -0.2) is 38.4 Å². The predicted molar refractivity (Wildman–Crippen MR) is 91.8 cm³/mol. The lowest BCUT2D eigenvalue weighted by Crippen LogP contribution is -2.36. The highest BCUT2D eigenvalue weighted by Crippen LogP contribution is 2.13. The molecule has 2 aromatic heterocycles. The Balaban J connectivity index is 1.66. The number of carbonyl (C=O) groups excluding carboxylic acids is 1. The third-order valence-electron chi connectivity index (χ3n) is 4.35. The molecule has 1 amide bonds. The van der Waals surface area contributed by atoms with Crippen molar-refractivity contribution in [3.8, 4) is 5.88 Å². The van der Waals surface area contributed by atoms with E-state index in [2.05, 4.69) is 15.4 Å². The molecular weight excluding hydrogens is 322 g/mol. The van der Waals surface area contributed by atoms with Crippen LogP contribution in [0, 0.1) is 0 Å². The molecule has 1 N–H and O–H groups in total. The molecule has 0 fully saturated rings. The van der Waals surface area contributed by atoms with Gasteiger partial charge in [-0.1, -0.05) is 13.0 Å². The Morgan fingerprint density at radius 2 is 2.24 bits per heavy atom. The van der Waals surface area contributed by atoms with Crippen LogP contribution in [0.5, 0.6) is 5.88 Å². The number of hydrogen-bond donors (Lipinski definition) is 1. The Morgan fingerprint density at radius 3 is 3.00 bits per heavy atom. The quantitative estimate of drug-likeness (QED) is 0.873. The molecule has 8 nitrogen and oxygen atoms in total. The van der Waals surface area contributed by atoms with Crippen LogP contribution in [-0.2, 0) is 19.5 Å². The van der Waals surface area contributed by atoms with Crippen molar-refractivity contribution < 1.29 is 9.53 Å². The molecule has 3 heterocycles. The zero-order valence-electron chi connectivity index (χ0n) is 14.6. The van der Waals surface area contributed by atoms with E-state index < -0.39 is 0 Å². The first kappa shape index (κ1) is 17.2. The summed E-state index contributed by atoms with van der Waals surface area (Å²) in [5.74, 6) is 0.978. The average Bonchev–Trinajstić information content (AvgIpc) is 2.80. The summed E-state index contributed by atoms with van der Waals surface area (Å²) >= 11 is 0. The van der Waals surface area contributed by atoms with Crippen LogP contribution in [0.1, 0.15) is 42.5 Å². The van der Waals surface area contributed by atoms with E-state index >= 15 is 0 Å². The minimum Gasteiger partial charge on any atom is -0.481 e. The number of pyridine rings is 1. The largest absolute Gasteiger partial charge is 0.481 e. The second-order valence-electron chi connectivity index (χ2n) is 6.14. The average molecular weight is 345 g/mol. The highest BCUT2D eigenvalue weighted by atomic mass is 16.5. The Morgan fingerprint density at radius 1 is 1.40 bits per heavy atom. The van der Waals surface area contributed by atoms with E-state index in [9.17, 15) is 9.59 Å². The van der Waals surface area contributed by atoms with Gasteiger partial charge in [-0.05, 0) is 25.3 Å². The first-order valence-corrected chi connectivity index (χ1v) is 8.60. The van der Waals surface area contributed by atoms with E-state index in [1.807, 2.05) is 6.92 Å². The van der Waals surface area contributed by atoms with Gasteiger partial charge in [0.05, 0.1) is 7.11 Å². The van der Waals surface area contributed by atoms with Crippen molar-refractivity contribution in [2.75, 3.05) is 7.11 Å². The van der Waals surface area contributed by atoms with E-state index in [1.165, 1.54) is 11.8 Å². The number of methoxy groups -OCH3 is 1. The summed E-state index contributed by atoms with van der Waals surface area (Å²) in [6.07, 6.45) is 2.99. The Hall–Kier alpha value is -2.64. The number of hydrogen-bond acceptors (Lipinski definition) is 5. The van der Waals surface area contributed by atoms with Crippen molar-refractivity contribution in [2.24, 2.45) is 0 Å². The fourth-order valence-corrected chi connectivity index (χ4v) is 3.04. The molecule has 1 atom stereocenters. The molecule has 0 spiro atoms. The van der Waals surface area contributed by atoms with Gasteiger partial charge in [0.15, 0.2) is 0 Å². The van der Waals surface area contributed by atoms with E-state index in [0.29, 0.717) is 37.5 Å². The maximum Gasteiger partial charge on any atom is 0.345 e. The van der Waals surface area contributed by atoms with Crippen LogP contribution in [0.4, 0.5) is 0 Å². The van der Waals surface area contributed by atoms with Crippen LogP contribution in [0.2, 0.25) is 0 Å². The minimum absolute atomic E-state index is 0.0128. The Kier molecular flexibility index (Phi) is 5.16. The molecule has 2 aromatic rings. The van der Waals surface area contributed by atoms with Crippen molar-refractivity contribution in [2.45, 2.75) is 51.7 Å². The molecule has 134 valence electrons. The summed E-state index contributed by atoms with van der Waals surface area (Å²) in [6, 6.07) is 5.08. The molecule has 0 bridgehead atoms. The van der Waals surface area contributed by atoms with E-state index in [0.717, 1.165) is 18.7 Å². The summed E-state index contributed by atoms with van der Waals surface area (Å²) in [5.41, 5.74) is 0.268. The summed E-state index contributed by atoms with van der Waals surface area (Å²) in [7, 11) is 1.52. The van der Waals surface area contributed by atoms with E-state index in [-0.39, 0.29) is 17.6 Å². The van der Waals surface area contributed by atoms with Gasteiger partial charge in [0.1, 0.15) is 11.5 Å². The molecule has 1 aliphatic rings. The van der Waals surface area contributed by atoms with Crippen LogP contribution < -0.4 is 15.7 Å². The zero-order chi connectivity index (χ0) is 17.8. The minimum atomic E-state index is -0.230. The number of fused-ring (bicyclic) bond motifs is 1. The smallest absolute Gasteiger partial charge is 0.345 e. The summed E-state index contributed by atoms with van der Waals surface area (Å²) in [4.78, 5) is 28.9. The lowest BCUT2D eigenvalue weighted by atomic mass is 10.1. The zero-order valence-corrected chi connectivity index (χ0v) is 14.6. The van der Waals surface area contributed by atoms with Crippen LogP contribution >= 0.6 is 0 Å². The van der Waals surface area contributed by atoms with Crippen LogP contribution in [0.25, 0.3) is 0 Å². The SMILES string of the molecule is CCCn1nc2n(c1=O)CCC(NC(=O)c1cccc(OC)n1)CC2. The van der Waals surface area contributed by atoms with Gasteiger partial charge < -0.3 is 10.1 Å². The first-order chi connectivity index (χ1) is 12.1. The van der Waals surface area contributed by atoms with Gasteiger partial charge in [-0.25, -0.2) is 14.5 Å². The van der Waals surface area contributed by atoms with Crippen molar-refractivity contribution in [3.63, 3.8) is 0 Å². The molecule has 8 heteroatoms. The maximum absolute atomic E-state index is 12.4. The topological polar surface area (TPSA) is 91.0 Å². The predicted octanol–water partition coefficient (Wildman–Crippen LogP) is 0.993. The number of carbonyl (C=O) groups is 1. The highest BCUT2D eigenvalue weighted by molar-refractivity contribution is 5.92. The number of rotatable bonds is 5. The summed E-state index contributed by atoms with van der Waals surface area (Å²) in [6.45, 7) is 3.23. The second-order valence-corrected chi connectivity index (χ2v) is 6.14. The van der Waals surface area contributed by atoms with E-state index in [1.54, 1.807) is 22.8 Å². The van der Waals surface area contributed by atoms with Crippen molar-refractivity contribution in [1.29, 1.82) is 0 Å². The summed E-state index contributed by atoms with van der Waals surface area (Å²) < 4.78 is 8.32. The fourth-order valence-electron chi connectivity index (χ4n) is 3.04. The normalized spacial score (nSPS) is 16.8. The van der Waals surface area contributed by atoms with Crippen LogP contribution in [0.15, 0.2) is 23.0 Å². The third kappa shape index (κ3) is 3.72. The lowest BCUT2D eigenvalue weighted by Gasteiger charge is -2.15. The van der Waals surface area contributed by atoms with Gasteiger partial charge in [-0.3, -0.25) is 9.36 Å². The standard InChI is InChI=1S/C17H23N5O3/c1-3-10-22-17(24)21-11-9-12(7-8-14(21)20-22)18-16(23)13-5-4-6-15(19-13)25-2/h4-6,12H,3,7-11H2,1-2H3,(H,18,23). The number of ether oxygens (including phenoxy) is 1. The molecule has 0 aliphatic carbocycles. The number of amides is 1. The Bertz CT molecular complexity index is 811. The van der Waals surface area contributed by atoms with Gasteiger partial charge in [0.2, 0.25) is 5.88 Å². The monoisotopic (exact) mass is 345 g/mol. The van der Waals surface area contributed by atoms with Gasteiger partial charge in [0, 0.05) is 31.6 Å². The number of aromatic nitrogens is 4. The first-order valence-electron chi connectivity index (χ1n) is 8.60. The number of aryl methyl sites for hydroxylation is 2. The number of nitrogens with one attached hydrogen (secondary N) is 1. The molecule has 1 aliphatic heterocycles. The van der Waals surface area contributed by atoms with Crippen LogP contribution in [0.3, 0.4) is 0 Å². The summed E-state index contributed by atoms with van der Waals surface area (Å²) in [5, 5.41) is 7.42. The van der Waals surface area contributed by atoms with Gasteiger partial charge in [0.25, 0.3) is 5.91 Å². The fraction of sp³-hybridized carbons (Fsp3) is 0.529. The molecule has 0 radical (unpaired) electrons. The van der Waals surface area contributed by atoms with Gasteiger partial charge >= 0.3 is 5.69 Å². The molecular formula is C17H23N5O3. The Labute approximate surface area is 145 Å². The molecule has 1 unspecified atom stereocenters. The third-order valence-corrected chi connectivity index (χ3v) is 4.35. The van der Waals surface area contributed by atoms with E-state index in [4.69, 9.17) is 4.74 Å². The van der Waals surface area contributed by atoms with Gasteiger partial charge in [-0.2, -0.15) is 5.10 Å². The number of nitrogens with zero attached hydrogens (tertiary/aromatic N) is 4. The van der Waals surface area contributed by atoms with Crippen molar-refractivity contribution >= 4 is 5.91 Å². The maximum atomic E-state index is 12.4. The highest BCUT2D eigenvalue weighted by Gasteiger charge is 2.22.